The molecule has 42 heavy (non-hydrogen) atoms. The van der Waals surface area contributed by atoms with E-state index >= 15 is 0 Å². The van der Waals surface area contributed by atoms with E-state index in [-0.39, 0.29) is 50.3 Å². The Labute approximate surface area is 281 Å². The third kappa shape index (κ3) is 55.7. The van der Waals surface area contributed by atoms with Crippen LogP contribution in [0.1, 0.15) is 67.7 Å². The summed E-state index contributed by atoms with van der Waals surface area (Å²) in [6.07, 6.45) is 8.39. The molecule has 0 aromatic carbocycles. The van der Waals surface area contributed by atoms with Gasteiger partial charge in [0.1, 0.15) is 13.6 Å². The Bertz CT molecular complexity index is 499. The molecule has 1 heterocycles. The largest absolute Gasteiger partial charge is 2.00 e. The summed E-state index contributed by atoms with van der Waals surface area (Å²) in [4.78, 5) is 0. The normalized spacial score (nSPS) is 10.7. The molecule has 1 fully saturated rings. The summed E-state index contributed by atoms with van der Waals surface area (Å²) < 4.78 is 49.9. The standard InChI is InChI=1S/C11H20O4.C7H16O3.C6H10O2.C4H8O.CH4.CH3.ClH.Mg/c1-4-14-11(15-5-2)8-6-7-9-13-10-12-3;1-4-8-7(9-5-2)10-6-3;1-3-4-5-8-6-7-2;1-2-4-5-3-1;;;;/h11H,4-5,7,9-10H2,1-3H3;7H,4-6H2,1-3H3;1H,4-6H2,2H3;1-4H2;1H4;1H3;1H;/q;;;;;-1;;+2/p-1. The van der Waals surface area contributed by atoms with Crippen LogP contribution in [0.25, 0.3) is 0 Å². The van der Waals surface area contributed by atoms with Crippen molar-refractivity contribution in [3.05, 3.63) is 7.43 Å². The van der Waals surface area contributed by atoms with Crippen molar-refractivity contribution >= 4 is 23.1 Å². The summed E-state index contributed by atoms with van der Waals surface area (Å²) in [5.74, 6) is 8.26. The molecule has 0 saturated carbocycles. The summed E-state index contributed by atoms with van der Waals surface area (Å²) in [6, 6.07) is 0. The third-order valence-corrected chi connectivity index (χ3v) is 3.76. The smallest absolute Gasteiger partial charge is 1.00 e. The van der Waals surface area contributed by atoms with E-state index in [0.717, 1.165) is 13.2 Å². The third-order valence-electron chi connectivity index (χ3n) is 3.76. The molecule has 1 aliphatic heterocycles. The first-order valence-corrected chi connectivity index (χ1v) is 13.3. The van der Waals surface area contributed by atoms with Crippen molar-refractivity contribution < 1.29 is 59.8 Å². The first kappa shape index (κ1) is 57.4. The molecule has 0 spiro atoms. The van der Waals surface area contributed by atoms with E-state index in [4.69, 9.17) is 49.1 Å². The minimum atomic E-state index is -0.472. The number of terminal acetylenes is 1. The summed E-state index contributed by atoms with van der Waals surface area (Å²) >= 11 is 0. The van der Waals surface area contributed by atoms with E-state index in [1.54, 1.807) is 14.2 Å². The van der Waals surface area contributed by atoms with E-state index in [0.29, 0.717) is 72.7 Å². The second-order valence-electron chi connectivity index (χ2n) is 6.87. The topological polar surface area (TPSA) is 92.3 Å². The zero-order chi connectivity index (χ0) is 29.0. The van der Waals surface area contributed by atoms with Crippen LogP contribution in [0.4, 0.5) is 0 Å². The van der Waals surface area contributed by atoms with E-state index in [1.807, 2.05) is 34.6 Å². The molecule has 0 amide bonds. The van der Waals surface area contributed by atoms with Crippen LogP contribution >= 0.6 is 0 Å². The molecule has 1 saturated heterocycles. The fourth-order valence-electron chi connectivity index (χ4n) is 2.19. The van der Waals surface area contributed by atoms with E-state index in [2.05, 4.69) is 22.5 Å². The number of rotatable bonds is 18. The van der Waals surface area contributed by atoms with Gasteiger partial charge in [-0.2, -0.15) is 0 Å². The fraction of sp³-hybridized carbons (Fsp3) is 0.833. The number of methoxy groups -OCH3 is 2. The Balaban J connectivity index is -0.0000000799. The predicted molar refractivity (Wildman–Crippen MR) is 166 cm³/mol. The molecule has 0 aromatic heterocycles. The minimum Gasteiger partial charge on any atom is -1.00 e. The molecular formula is C30H61ClMgO10. The van der Waals surface area contributed by atoms with E-state index in [1.165, 1.54) is 12.8 Å². The molecule has 1 rings (SSSR count). The quantitative estimate of drug-likeness (QED) is 0.0727. The van der Waals surface area contributed by atoms with Gasteiger partial charge in [-0.1, -0.05) is 13.3 Å². The molecule has 10 nitrogen and oxygen atoms in total. The second-order valence-corrected chi connectivity index (χ2v) is 6.87. The molecule has 0 aliphatic carbocycles. The van der Waals surface area contributed by atoms with Crippen LogP contribution in [0.15, 0.2) is 0 Å². The van der Waals surface area contributed by atoms with Gasteiger partial charge in [-0.3, -0.25) is 0 Å². The molecule has 0 N–H and O–H groups in total. The van der Waals surface area contributed by atoms with Gasteiger partial charge in [0.05, 0.1) is 13.2 Å². The van der Waals surface area contributed by atoms with Gasteiger partial charge >= 0.3 is 23.1 Å². The number of hydrogen-bond acceptors (Lipinski definition) is 10. The summed E-state index contributed by atoms with van der Waals surface area (Å²) in [5.41, 5.74) is 0. The van der Waals surface area contributed by atoms with Gasteiger partial charge in [0, 0.05) is 73.3 Å². The maximum Gasteiger partial charge on any atom is 2.00 e. The van der Waals surface area contributed by atoms with Crippen molar-refractivity contribution in [2.45, 2.75) is 80.5 Å². The van der Waals surface area contributed by atoms with Gasteiger partial charge in [0.15, 0.2) is 0 Å². The maximum absolute atomic E-state index is 5.25. The summed E-state index contributed by atoms with van der Waals surface area (Å²) in [7, 11) is 3.17. The molecule has 0 unspecified atom stereocenters. The average Bonchev–Trinajstić information content (AvgIpc) is 3.51. The number of hydrogen-bond donors (Lipinski definition) is 0. The Hall–Kier alpha value is -0.224. The molecule has 1 aliphatic rings. The number of halogens is 1. The average molecular weight is 642 g/mol. The molecule has 0 aromatic rings. The first-order valence-electron chi connectivity index (χ1n) is 13.3. The van der Waals surface area contributed by atoms with E-state index < -0.39 is 12.8 Å². The summed E-state index contributed by atoms with van der Waals surface area (Å²) in [6.45, 7) is 15.9. The summed E-state index contributed by atoms with van der Waals surface area (Å²) in [5, 5.41) is 0. The molecule has 0 atom stereocenters. The Morgan fingerprint density at radius 3 is 1.43 bits per heavy atom. The van der Waals surface area contributed by atoms with Crippen molar-refractivity contribution in [2.75, 3.05) is 87.3 Å². The van der Waals surface area contributed by atoms with Crippen molar-refractivity contribution in [1.29, 1.82) is 0 Å². The SMILES string of the molecule is C.C#CCCOCOC.C1CCOC1.CCOC(C#CCCOCOC)OCC.CCOC(OCC)OCC.[CH3-].[Cl-].[Mg+2]. The van der Waals surface area contributed by atoms with Crippen LogP contribution in [0.5, 0.6) is 0 Å². The van der Waals surface area contributed by atoms with Crippen molar-refractivity contribution in [3.63, 3.8) is 0 Å². The molecule has 0 radical (unpaired) electrons. The zero-order valence-electron chi connectivity index (χ0n) is 27.0. The minimum absolute atomic E-state index is 0. The van der Waals surface area contributed by atoms with Crippen molar-refractivity contribution in [2.24, 2.45) is 0 Å². The zero-order valence-corrected chi connectivity index (χ0v) is 29.2. The van der Waals surface area contributed by atoms with Crippen LogP contribution in [-0.2, 0) is 47.4 Å². The van der Waals surface area contributed by atoms with E-state index in [9.17, 15) is 0 Å². The van der Waals surface area contributed by atoms with Gasteiger partial charge < -0.3 is 67.2 Å². The van der Waals surface area contributed by atoms with Crippen LogP contribution in [0, 0.1) is 31.6 Å². The molecule has 250 valence electrons. The fourth-order valence-corrected chi connectivity index (χ4v) is 2.19. The Morgan fingerprint density at radius 2 is 1.12 bits per heavy atom. The Kier molecular flexibility index (Phi) is 77.3. The maximum atomic E-state index is 5.25. The van der Waals surface area contributed by atoms with Crippen molar-refractivity contribution in [1.82, 2.24) is 0 Å². The van der Waals surface area contributed by atoms with Crippen molar-refractivity contribution in [3.8, 4) is 24.2 Å². The van der Waals surface area contributed by atoms with Crippen LogP contribution in [0.3, 0.4) is 0 Å². The molecule has 12 heteroatoms. The van der Waals surface area contributed by atoms with Gasteiger partial charge in [-0.25, -0.2) is 0 Å². The predicted octanol–water partition coefficient (Wildman–Crippen LogP) is 1.92. The van der Waals surface area contributed by atoms with Crippen LogP contribution in [0.2, 0.25) is 0 Å². The second kappa shape index (κ2) is 56.5. The van der Waals surface area contributed by atoms with Gasteiger partial charge in [-0.05, 0) is 53.4 Å². The monoisotopic (exact) mass is 640 g/mol. The van der Waals surface area contributed by atoms with Gasteiger partial charge in [0.2, 0.25) is 6.29 Å². The number of ether oxygens (including phenoxy) is 10. The first-order chi connectivity index (χ1) is 18.6. The molecular weight excluding hydrogens is 580 g/mol. The van der Waals surface area contributed by atoms with Gasteiger partial charge in [-0.15, -0.1) is 12.3 Å². The molecule has 0 bridgehead atoms. The van der Waals surface area contributed by atoms with Gasteiger partial charge in [0.25, 0.3) is 6.48 Å². The van der Waals surface area contributed by atoms with Crippen LogP contribution < -0.4 is 12.4 Å². The van der Waals surface area contributed by atoms with Crippen LogP contribution in [-0.4, -0.2) is 123 Å². The Morgan fingerprint density at radius 1 is 0.714 bits per heavy atom.